The van der Waals surface area contributed by atoms with Crippen molar-refractivity contribution in [2.75, 3.05) is 4.90 Å². The predicted molar refractivity (Wildman–Crippen MR) is 258 cm³/mol. The first-order chi connectivity index (χ1) is 29.8. The highest BCUT2D eigenvalue weighted by molar-refractivity contribution is 5.94. The number of nitrogens with zero attached hydrogens (tertiary/aromatic N) is 1. The van der Waals surface area contributed by atoms with Gasteiger partial charge in [-0.2, -0.15) is 0 Å². The van der Waals surface area contributed by atoms with Crippen molar-refractivity contribution in [2.24, 2.45) is 0 Å². The SMILES string of the molecule is CC1(C)c2ccccc2-c2ccc(N(c3ccc(-c4cccc(-c5ccccc5)c4)cc3)c3ccc(-c4ccc5c(c4)C(C)(C)c4cccc(-c6ccccc6)c4-5)cc3)cc21. The third-order valence-corrected chi connectivity index (χ3v) is 13.5. The summed E-state index contributed by atoms with van der Waals surface area (Å²) in [6.07, 6.45) is 0. The predicted octanol–water partition coefficient (Wildman–Crippen LogP) is 16.4. The van der Waals surface area contributed by atoms with Crippen LogP contribution in [0.15, 0.2) is 212 Å². The zero-order valence-corrected chi connectivity index (χ0v) is 35.2. The molecule has 0 radical (unpaired) electrons. The van der Waals surface area contributed by atoms with Gasteiger partial charge in [0.15, 0.2) is 0 Å². The van der Waals surface area contributed by atoms with Crippen LogP contribution in [0.3, 0.4) is 0 Å². The van der Waals surface area contributed by atoms with Gasteiger partial charge in [-0.15, -0.1) is 0 Å². The molecule has 61 heavy (non-hydrogen) atoms. The van der Waals surface area contributed by atoms with Crippen LogP contribution >= 0.6 is 0 Å². The van der Waals surface area contributed by atoms with Gasteiger partial charge in [-0.3, -0.25) is 0 Å². The standard InChI is InChI=1S/C60H47N/c1-59(2)54-23-12-11-21-51(54)52-36-34-49(39-57(52)59)61(47-30-25-41(26-31-47)45-20-13-19-44(37-45)40-15-7-5-8-16-40)48-32-27-42(28-33-48)46-29-35-53-56(38-46)60(3,4)55-24-14-22-50(58(53)55)43-17-9-6-10-18-43/h5-39H,1-4H3. The molecule has 11 rings (SSSR count). The van der Waals surface area contributed by atoms with Crippen molar-refractivity contribution in [3.63, 3.8) is 0 Å². The van der Waals surface area contributed by atoms with Crippen molar-refractivity contribution in [3.05, 3.63) is 235 Å². The molecule has 0 N–H and O–H groups in total. The number of hydrogen-bond acceptors (Lipinski definition) is 1. The van der Waals surface area contributed by atoms with Crippen LogP contribution in [0.25, 0.3) is 66.8 Å². The van der Waals surface area contributed by atoms with E-state index < -0.39 is 0 Å². The minimum atomic E-state index is -0.113. The van der Waals surface area contributed by atoms with Crippen LogP contribution in [0.5, 0.6) is 0 Å². The molecular formula is C60H47N. The Balaban J connectivity index is 0.976. The molecule has 1 nitrogen and oxygen atoms in total. The van der Waals surface area contributed by atoms with Crippen molar-refractivity contribution >= 4 is 17.1 Å². The highest BCUT2D eigenvalue weighted by Gasteiger charge is 2.38. The van der Waals surface area contributed by atoms with Crippen LogP contribution in [-0.4, -0.2) is 0 Å². The van der Waals surface area contributed by atoms with Crippen molar-refractivity contribution in [2.45, 2.75) is 38.5 Å². The van der Waals surface area contributed by atoms with Gasteiger partial charge in [-0.1, -0.05) is 191 Å². The molecular weight excluding hydrogens is 735 g/mol. The van der Waals surface area contributed by atoms with Crippen molar-refractivity contribution in [1.82, 2.24) is 0 Å². The molecule has 0 saturated carbocycles. The summed E-state index contributed by atoms with van der Waals surface area (Å²) in [4.78, 5) is 2.42. The van der Waals surface area contributed by atoms with E-state index in [-0.39, 0.29) is 10.8 Å². The summed E-state index contributed by atoms with van der Waals surface area (Å²) in [6, 6.07) is 78.4. The van der Waals surface area contributed by atoms with E-state index in [1.165, 1.54) is 89.0 Å². The van der Waals surface area contributed by atoms with E-state index in [2.05, 4.69) is 245 Å². The molecule has 0 aliphatic heterocycles. The number of benzene rings is 9. The molecule has 1 heteroatoms. The molecule has 2 aliphatic rings. The molecule has 9 aromatic rings. The lowest BCUT2D eigenvalue weighted by Gasteiger charge is -2.28. The molecule has 0 unspecified atom stereocenters. The second kappa shape index (κ2) is 14.2. The van der Waals surface area contributed by atoms with E-state index >= 15 is 0 Å². The zero-order valence-electron chi connectivity index (χ0n) is 35.2. The smallest absolute Gasteiger partial charge is 0.0465 e. The van der Waals surface area contributed by atoms with E-state index in [1.807, 2.05) is 0 Å². The van der Waals surface area contributed by atoms with Crippen LogP contribution < -0.4 is 4.90 Å². The van der Waals surface area contributed by atoms with Crippen molar-refractivity contribution in [3.8, 4) is 66.8 Å². The average molecular weight is 782 g/mol. The minimum absolute atomic E-state index is 0.103. The maximum atomic E-state index is 2.43. The Hall–Kier alpha value is -7.22. The van der Waals surface area contributed by atoms with Crippen molar-refractivity contribution < 1.29 is 0 Å². The second-order valence-electron chi connectivity index (χ2n) is 17.8. The summed E-state index contributed by atoms with van der Waals surface area (Å²) in [5, 5.41) is 0. The van der Waals surface area contributed by atoms with Crippen LogP contribution in [0.2, 0.25) is 0 Å². The first kappa shape index (κ1) is 36.8. The fraction of sp³-hybridized carbons (Fsp3) is 0.100. The molecule has 292 valence electrons. The first-order valence-electron chi connectivity index (χ1n) is 21.5. The molecule has 0 atom stereocenters. The third kappa shape index (κ3) is 6.07. The lowest BCUT2D eigenvalue weighted by atomic mass is 9.81. The van der Waals surface area contributed by atoms with Gasteiger partial charge in [-0.05, 0) is 138 Å². The number of anilines is 3. The number of fused-ring (bicyclic) bond motifs is 6. The van der Waals surface area contributed by atoms with Gasteiger partial charge in [0.2, 0.25) is 0 Å². The number of rotatable bonds is 7. The Bertz CT molecular complexity index is 3100. The summed E-state index contributed by atoms with van der Waals surface area (Å²) in [7, 11) is 0. The van der Waals surface area contributed by atoms with Crippen molar-refractivity contribution in [1.29, 1.82) is 0 Å². The molecule has 0 fully saturated rings. The summed E-state index contributed by atoms with van der Waals surface area (Å²) in [6.45, 7) is 9.47. The maximum absolute atomic E-state index is 2.43. The molecule has 2 aliphatic carbocycles. The molecule has 0 spiro atoms. The quantitative estimate of drug-likeness (QED) is 0.156. The molecule has 0 amide bonds. The lowest BCUT2D eigenvalue weighted by Crippen LogP contribution is -2.16. The van der Waals surface area contributed by atoms with Gasteiger partial charge in [-0.25, -0.2) is 0 Å². The molecule has 9 aromatic carbocycles. The van der Waals surface area contributed by atoms with Crippen LogP contribution in [0.1, 0.15) is 49.9 Å². The molecule has 0 aromatic heterocycles. The van der Waals surface area contributed by atoms with Gasteiger partial charge in [0.25, 0.3) is 0 Å². The van der Waals surface area contributed by atoms with E-state index in [0.717, 1.165) is 17.1 Å². The topological polar surface area (TPSA) is 3.24 Å². The van der Waals surface area contributed by atoms with Gasteiger partial charge in [0.1, 0.15) is 0 Å². The van der Waals surface area contributed by atoms with Gasteiger partial charge in [0, 0.05) is 27.9 Å². The second-order valence-corrected chi connectivity index (χ2v) is 17.8. The maximum Gasteiger partial charge on any atom is 0.0465 e. The van der Waals surface area contributed by atoms with Crippen LogP contribution in [-0.2, 0) is 10.8 Å². The van der Waals surface area contributed by atoms with Gasteiger partial charge in [0.05, 0.1) is 0 Å². The van der Waals surface area contributed by atoms with E-state index in [0.29, 0.717) is 0 Å². The van der Waals surface area contributed by atoms with E-state index in [1.54, 1.807) is 0 Å². The Morgan fingerprint density at radius 1 is 0.262 bits per heavy atom. The Labute approximate surface area is 360 Å². The Kier molecular flexibility index (Phi) is 8.58. The molecule has 0 bridgehead atoms. The third-order valence-electron chi connectivity index (χ3n) is 13.5. The van der Waals surface area contributed by atoms with Gasteiger partial charge >= 0.3 is 0 Å². The van der Waals surface area contributed by atoms with Gasteiger partial charge < -0.3 is 4.90 Å². The summed E-state index contributed by atoms with van der Waals surface area (Å²) in [5.74, 6) is 0. The summed E-state index contributed by atoms with van der Waals surface area (Å²) >= 11 is 0. The normalized spacial score (nSPS) is 13.8. The fourth-order valence-corrected chi connectivity index (χ4v) is 10.2. The molecule has 0 saturated heterocycles. The average Bonchev–Trinajstić information content (AvgIpc) is 3.69. The summed E-state index contributed by atoms with van der Waals surface area (Å²) < 4.78 is 0. The monoisotopic (exact) mass is 781 g/mol. The Morgan fingerprint density at radius 2 is 0.689 bits per heavy atom. The first-order valence-corrected chi connectivity index (χ1v) is 21.5. The Morgan fingerprint density at radius 3 is 1.36 bits per heavy atom. The summed E-state index contributed by atoms with van der Waals surface area (Å²) in [5.41, 5.74) is 23.9. The molecule has 0 heterocycles. The number of hydrogen-bond donors (Lipinski definition) is 0. The highest BCUT2D eigenvalue weighted by Crippen LogP contribution is 2.54. The largest absolute Gasteiger partial charge is 0.310 e. The minimum Gasteiger partial charge on any atom is -0.310 e. The zero-order chi connectivity index (χ0) is 41.3. The van der Waals surface area contributed by atoms with Crippen LogP contribution in [0.4, 0.5) is 17.1 Å². The highest BCUT2D eigenvalue weighted by atomic mass is 15.1. The van der Waals surface area contributed by atoms with E-state index in [9.17, 15) is 0 Å². The van der Waals surface area contributed by atoms with E-state index in [4.69, 9.17) is 0 Å². The lowest BCUT2D eigenvalue weighted by molar-refractivity contribution is 0.660. The van der Waals surface area contributed by atoms with Crippen LogP contribution in [0, 0.1) is 0 Å². The fourth-order valence-electron chi connectivity index (χ4n) is 10.2.